The molecular weight excluding hydrogens is 178 g/mol. The number of aliphatic hydroxyl groups is 1. The first-order chi connectivity index (χ1) is 6.69. The van der Waals surface area contributed by atoms with Crippen molar-refractivity contribution in [3.8, 4) is 5.75 Å². The van der Waals surface area contributed by atoms with Crippen molar-refractivity contribution in [3.05, 3.63) is 29.3 Å². The van der Waals surface area contributed by atoms with Gasteiger partial charge in [0.25, 0.3) is 0 Å². The molecule has 0 bridgehead atoms. The first kappa shape index (κ1) is 11.0. The van der Waals surface area contributed by atoms with Crippen molar-refractivity contribution in [2.45, 2.75) is 32.4 Å². The van der Waals surface area contributed by atoms with Crippen molar-refractivity contribution in [2.24, 2.45) is 5.73 Å². The summed E-state index contributed by atoms with van der Waals surface area (Å²) in [4.78, 5) is 0. The zero-order valence-electron chi connectivity index (χ0n) is 8.40. The number of phenols is 1. The van der Waals surface area contributed by atoms with E-state index in [4.69, 9.17) is 10.8 Å². The van der Waals surface area contributed by atoms with E-state index in [0.717, 1.165) is 24.0 Å². The van der Waals surface area contributed by atoms with E-state index < -0.39 is 0 Å². The fraction of sp³-hybridized carbons (Fsp3) is 0.455. The highest BCUT2D eigenvalue weighted by Crippen LogP contribution is 2.26. The van der Waals surface area contributed by atoms with Gasteiger partial charge in [0.15, 0.2) is 0 Å². The fourth-order valence-corrected chi connectivity index (χ4v) is 1.47. The van der Waals surface area contributed by atoms with Gasteiger partial charge in [-0.15, -0.1) is 0 Å². The maximum absolute atomic E-state index is 9.57. The van der Waals surface area contributed by atoms with Gasteiger partial charge in [-0.05, 0) is 24.1 Å². The van der Waals surface area contributed by atoms with E-state index in [-0.39, 0.29) is 18.4 Å². The van der Waals surface area contributed by atoms with Crippen LogP contribution in [0.25, 0.3) is 0 Å². The standard InChI is InChI=1S/C11H17NO2/c1-2-3-10(12)9-6-8(7-13)4-5-11(9)14/h4-6,10,13-14H,2-3,7,12H2,1H3/t10-/m1/s1. The van der Waals surface area contributed by atoms with Crippen molar-refractivity contribution in [1.82, 2.24) is 0 Å². The van der Waals surface area contributed by atoms with E-state index in [1.807, 2.05) is 6.92 Å². The van der Waals surface area contributed by atoms with Crippen LogP contribution < -0.4 is 5.73 Å². The fourth-order valence-electron chi connectivity index (χ4n) is 1.47. The predicted octanol–water partition coefficient (Wildman–Crippen LogP) is 1.68. The van der Waals surface area contributed by atoms with Crippen LogP contribution in [0.15, 0.2) is 18.2 Å². The second-order valence-electron chi connectivity index (χ2n) is 3.45. The lowest BCUT2D eigenvalue weighted by molar-refractivity contribution is 0.281. The molecule has 3 nitrogen and oxygen atoms in total. The summed E-state index contributed by atoms with van der Waals surface area (Å²) in [7, 11) is 0. The Morgan fingerprint density at radius 1 is 1.43 bits per heavy atom. The molecule has 0 spiro atoms. The number of nitrogens with two attached hydrogens (primary N) is 1. The van der Waals surface area contributed by atoms with Crippen molar-refractivity contribution in [3.63, 3.8) is 0 Å². The highest BCUT2D eigenvalue weighted by molar-refractivity contribution is 5.38. The van der Waals surface area contributed by atoms with Crippen LogP contribution in [0.5, 0.6) is 5.75 Å². The van der Waals surface area contributed by atoms with Gasteiger partial charge in [0.1, 0.15) is 5.75 Å². The van der Waals surface area contributed by atoms with E-state index in [9.17, 15) is 5.11 Å². The third-order valence-electron chi connectivity index (χ3n) is 2.27. The Labute approximate surface area is 84.2 Å². The molecule has 0 fully saturated rings. The summed E-state index contributed by atoms with van der Waals surface area (Å²) in [5.74, 6) is 0.211. The molecule has 78 valence electrons. The van der Waals surface area contributed by atoms with Gasteiger partial charge < -0.3 is 15.9 Å². The average Bonchev–Trinajstić information content (AvgIpc) is 2.19. The molecule has 0 aliphatic rings. The largest absolute Gasteiger partial charge is 0.508 e. The van der Waals surface area contributed by atoms with Crippen LogP contribution in [0, 0.1) is 0 Å². The van der Waals surface area contributed by atoms with Crippen molar-refractivity contribution in [1.29, 1.82) is 0 Å². The summed E-state index contributed by atoms with van der Waals surface area (Å²) in [6, 6.07) is 4.88. The molecule has 1 rings (SSSR count). The summed E-state index contributed by atoms with van der Waals surface area (Å²) < 4.78 is 0. The Kier molecular flexibility index (Phi) is 3.92. The number of hydrogen-bond donors (Lipinski definition) is 3. The van der Waals surface area contributed by atoms with Crippen molar-refractivity contribution < 1.29 is 10.2 Å². The normalized spacial score (nSPS) is 12.8. The molecule has 14 heavy (non-hydrogen) atoms. The summed E-state index contributed by atoms with van der Waals surface area (Å²) in [6.45, 7) is 2.03. The lowest BCUT2D eigenvalue weighted by Crippen LogP contribution is -2.10. The molecule has 0 radical (unpaired) electrons. The minimum Gasteiger partial charge on any atom is -0.508 e. The maximum atomic E-state index is 9.57. The molecule has 0 aliphatic carbocycles. The van der Waals surface area contributed by atoms with Crippen LogP contribution in [0.3, 0.4) is 0 Å². The van der Waals surface area contributed by atoms with Gasteiger partial charge in [-0.25, -0.2) is 0 Å². The maximum Gasteiger partial charge on any atom is 0.120 e. The summed E-state index contributed by atoms with van der Waals surface area (Å²) in [6.07, 6.45) is 1.81. The van der Waals surface area contributed by atoms with Crippen LogP contribution >= 0.6 is 0 Å². The average molecular weight is 195 g/mol. The molecular formula is C11H17NO2. The molecule has 0 amide bonds. The van der Waals surface area contributed by atoms with Gasteiger partial charge in [0.2, 0.25) is 0 Å². The van der Waals surface area contributed by atoms with E-state index in [0.29, 0.717) is 0 Å². The zero-order valence-corrected chi connectivity index (χ0v) is 8.40. The molecule has 0 aromatic heterocycles. The van der Waals surface area contributed by atoms with Gasteiger partial charge in [0, 0.05) is 11.6 Å². The molecule has 0 aliphatic heterocycles. The second-order valence-corrected chi connectivity index (χ2v) is 3.45. The summed E-state index contributed by atoms with van der Waals surface area (Å²) >= 11 is 0. The van der Waals surface area contributed by atoms with Gasteiger partial charge in [-0.2, -0.15) is 0 Å². The topological polar surface area (TPSA) is 66.5 Å². The van der Waals surface area contributed by atoms with Gasteiger partial charge >= 0.3 is 0 Å². The number of phenolic OH excluding ortho intramolecular Hbond substituents is 1. The minimum absolute atomic E-state index is 0.0217. The van der Waals surface area contributed by atoms with Crippen LogP contribution in [0.1, 0.15) is 36.9 Å². The van der Waals surface area contributed by atoms with Gasteiger partial charge in [-0.3, -0.25) is 0 Å². The number of rotatable bonds is 4. The van der Waals surface area contributed by atoms with Gasteiger partial charge in [-0.1, -0.05) is 19.4 Å². The molecule has 3 heteroatoms. The van der Waals surface area contributed by atoms with Crippen LogP contribution in [-0.2, 0) is 6.61 Å². The van der Waals surface area contributed by atoms with E-state index in [1.165, 1.54) is 0 Å². The Morgan fingerprint density at radius 2 is 2.14 bits per heavy atom. The van der Waals surface area contributed by atoms with Gasteiger partial charge in [0.05, 0.1) is 6.61 Å². The number of hydrogen-bond acceptors (Lipinski definition) is 3. The van der Waals surface area contributed by atoms with Crippen LogP contribution in [-0.4, -0.2) is 10.2 Å². The molecule has 1 atom stereocenters. The second kappa shape index (κ2) is 4.98. The Morgan fingerprint density at radius 3 is 2.71 bits per heavy atom. The lowest BCUT2D eigenvalue weighted by Gasteiger charge is -2.13. The highest BCUT2D eigenvalue weighted by Gasteiger charge is 2.10. The lowest BCUT2D eigenvalue weighted by atomic mass is 10.00. The van der Waals surface area contributed by atoms with Crippen LogP contribution in [0.4, 0.5) is 0 Å². The number of aromatic hydroxyl groups is 1. The predicted molar refractivity (Wildman–Crippen MR) is 55.9 cm³/mol. The Balaban J connectivity index is 2.93. The number of benzene rings is 1. The van der Waals surface area contributed by atoms with E-state index in [1.54, 1.807) is 18.2 Å². The monoisotopic (exact) mass is 195 g/mol. The van der Waals surface area contributed by atoms with E-state index in [2.05, 4.69) is 0 Å². The Bertz CT molecular complexity index is 299. The highest BCUT2D eigenvalue weighted by atomic mass is 16.3. The molecule has 0 saturated carbocycles. The van der Waals surface area contributed by atoms with E-state index >= 15 is 0 Å². The van der Waals surface area contributed by atoms with Crippen molar-refractivity contribution in [2.75, 3.05) is 0 Å². The quantitative estimate of drug-likeness (QED) is 0.684. The first-order valence-corrected chi connectivity index (χ1v) is 4.87. The Hall–Kier alpha value is -1.06. The summed E-state index contributed by atoms with van der Waals surface area (Å²) in [5.41, 5.74) is 7.39. The van der Waals surface area contributed by atoms with Crippen molar-refractivity contribution >= 4 is 0 Å². The zero-order chi connectivity index (χ0) is 10.6. The molecule has 0 heterocycles. The third kappa shape index (κ3) is 2.47. The summed E-state index contributed by atoms with van der Waals surface area (Å²) in [5, 5.41) is 18.5. The molecule has 1 aromatic rings. The third-order valence-corrected chi connectivity index (χ3v) is 2.27. The minimum atomic E-state index is -0.147. The molecule has 4 N–H and O–H groups in total. The molecule has 0 unspecified atom stereocenters. The molecule has 0 saturated heterocycles. The first-order valence-electron chi connectivity index (χ1n) is 4.87. The molecule has 1 aromatic carbocycles. The number of aliphatic hydroxyl groups excluding tert-OH is 1. The smallest absolute Gasteiger partial charge is 0.120 e. The van der Waals surface area contributed by atoms with Crippen LogP contribution in [0.2, 0.25) is 0 Å². The SMILES string of the molecule is CCC[C@@H](N)c1cc(CO)ccc1O.